The number of hydrogen-bond acceptors (Lipinski definition) is 2. The third-order valence-electron chi connectivity index (χ3n) is 4.04. The molecule has 2 bridgehead atoms. The molecule has 2 fully saturated rings. The van der Waals surface area contributed by atoms with Crippen molar-refractivity contribution < 1.29 is 5.11 Å². The van der Waals surface area contributed by atoms with Gasteiger partial charge in [0.05, 0.1) is 5.60 Å². The highest BCUT2D eigenvalue weighted by molar-refractivity contribution is 5.08. The molecule has 2 aliphatic rings. The van der Waals surface area contributed by atoms with E-state index in [1.807, 2.05) is 0 Å². The van der Waals surface area contributed by atoms with Crippen molar-refractivity contribution in [3.05, 3.63) is 0 Å². The van der Waals surface area contributed by atoms with Crippen LogP contribution in [0.4, 0.5) is 0 Å². The fraction of sp³-hybridized carbons (Fsp3) is 0.867. The topological polar surface area (TPSA) is 32.3 Å². The Hall–Kier alpha value is -0.520. The normalized spacial score (nSPS) is 35.4. The summed E-state index contributed by atoms with van der Waals surface area (Å²) in [5.41, 5.74) is -0.505. The van der Waals surface area contributed by atoms with Crippen LogP contribution in [0.15, 0.2) is 0 Å². The molecule has 2 nitrogen and oxygen atoms in total. The summed E-state index contributed by atoms with van der Waals surface area (Å²) in [6.07, 6.45) is 9.65. The molecule has 2 atom stereocenters. The maximum Gasteiger partial charge on any atom is 0.0786 e. The first-order valence-corrected chi connectivity index (χ1v) is 7.16. The average Bonchev–Trinajstić information content (AvgIpc) is 2.64. The molecule has 2 heterocycles. The highest BCUT2D eigenvalue weighted by Gasteiger charge is 2.41. The molecule has 0 aliphatic carbocycles. The van der Waals surface area contributed by atoms with Crippen LogP contribution in [-0.2, 0) is 0 Å². The molecule has 0 amide bonds. The summed E-state index contributed by atoms with van der Waals surface area (Å²) in [6, 6.07) is 1.08. The van der Waals surface area contributed by atoms with E-state index in [-0.39, 0.29) is 0 Å². The summed E-state index contributed by atoms with van der Waals surface area (Å²) in [5, 5.41) is 14.1. The van der Waals surface area contributed by atoms with Gasteiger partial charge in [-0.25, -0.2) is 0 Å². The van der Waals surface area contributed by atoms with Crippen LogP contribution in [0.5, 0.6) is 0 Å². The lowest BCUT2D eigenvalue weighted by atomic mass is 9.85. The molecular formula is C15H25NO. The van der Waals surface area contributed by atoms with Crippen LogP contribution in [0.3, 0.4) is 0 Å². The van der Waals surface area contributed by atoms with Gasteiger partial charge in [-0.2, -0.15) is 0 Å². The second kappa shape index (κ2) is 5.89. The highest BCUT2D eigenvalue weighted by atomic mass is 16.3. The van der Waals surface area contributed by atoms with Crippen LogP contribution in [0.1, 0.15) is 64.7 Å². The molecule has 17 heavy (non-hydrogen) atoms. The van der Waals surface area contributed by atoms with Gasteiger partial charge < -0.3 is 10.4 Å². The van der Waals surface area contributed by atoms with E-state index in [9.17, 15) is 5.11 Å². The first kappa shape index (κ1) is 12.9. The van der Waals surface area contributed by atoms with Gasteiger partial charge in [0.2, 0.25) is 0 Å². The lowest BCUT2D eigenvalue weighted by molar-refractivity contribution is -0.00185. The summed E-state index contributed by atoms with van der Waals surface area (Å²) in [5.74, 6) is 6.41. The van der Waals surface area contributed by atoms with Crippen LogP contribution >= 0.6 is 0 Å². The number of aliphatic hydroxyl groups is 1. The zero-order valence-electron chi connectivity index (χ0n) is 11.0. The quantitative estimate of drug-likeness (QED) is 0.580. The van der Waals surface area contributed by atoms with Gasteiger partial charge in [-0.05, 0) is 32.1 Å². The summed E-state index contributed by atoms with van der Waals surface area (Å²) < 4.78 is 0. The third-order valence-corrected chi connectivity index (χ3v) is 4.04. The SMILES string of the molecule is CCCCCC#CCC1(O)CC2CCC(C1)N2. The van der Waals surface area contributed by atoms with E-state index in [0.717, 1.165) is 19.3 Å². The second-order valence-electron chi connectivity index (χ2n) is 5.76. The molecule has 0 spiro atoms. The van der Waals surface area contributed by atoms with E-state index in [0.29, 0.717) is 18.5 Å². The van der Waals surface area contributed by atoms with Gasteiger partial charge in [0, 0.05) is 24.9 Å². The number of fused-ring (bicyclic) bond motifs is 2. The lowest BCUT2D eigenvalue weighted by Crippen LogP contribution is -2.48. The van der Waals surface area contributed by atoms with Crippen LogP contribution in [0.2, 0.25) is 0 Å². The van der Waals surface area contributed by atoms with Gasteiger partial charge in [0.25, 0.3) is 0 Å². The maximum absolute atomic E-state index is 10.5. The summed E-state index contributed by atoms with van der Waals surface area (Å²) in [6.45, 7) is 2.21. The molecule has 0 aromatic rings. The van der Waals surface area contributed by atoms with Crippen molar-refractivity contribution in [2.24, 2.45) is 0 Å². The summed E-state index contributed by atoms with van der Waals surface area (Å²) in [7, 11) is 0. The van der Waals surface area contributed by atoms with E-state index >= 15 is 0 Å². The Morgan fingerprint density at radius 1 is 1.18 bits per heavy atom. The Balaban J connectivity index is 1.74. The van der Waals surface area contributed by atoms with Crippen molar-refractivity contribution >= 4 is 0 Å². The molecule has 2 aliphatic heterocycles. The molecule has 96 valence electrons. The van der Waals surface area contributed by atoms with Crippen molar-refractivity contribution in [2.75, 3.05) is 0 Å². The molecular weight excluding hydrogens is 210 g/mol. The lowest BCUT2D eigenvalue weighted by Gasteiger charge is -2.35. The van der Waals surface area contributed by atoms with Crippen molar-refractivity contribution in [3.63, 3.8) is 0 Å². The zero-order chi connectivity index (χ0) is 12.1. The summed E-state index contributed by atoms with van der Waals surface area (Å²) in [4.78, 5) is 0. The summed E-state index contributed by atoms with van der Waals surface area (Å²) >= 11 is 0. The first-order chi connectivity index (χ1) is 8.22. The number of piperidine rings is 1. The Labute approximate surface area is 105 Å². The van der Waals surface area contributed by atoms with E-state index in [2.05, 4.69) is 24.1 Å². The molecule has 2 saturated heterocycles. The monoisotopic (exact) mass is 235 g/mol. The fourth-order valence-corrected chi connectivity index (χ4v) is 3.15. The van der Waals surface area contributed by atoms with E-state index < -0.39 is 5.60 Å². The Morgan fingerprint density at radius 3 is 2.53 bits per heavy atom. The van der Waals surface area contributed by atoms with E-state index in [4.69, 9.17) is 0 Å². The third kappa shape index (κ3) is 3.72. The molecule has 0 saturated carbocycles. The van der Waals surface area contributed by atoms with Crippen molar-refractivity contribution in [1.29, 1.82) is 0 Å². The number of rotatable bonds is 4. The molecule has 0 aromatic carbocycles. The van der Waals surface area contributed by atoms with Crippen LogP contribution in [0.25, 0.3) is 0 Å². The standard InChI is InChI=1S/C15H25NO/c1-2-3-4-5-6-7-10-15(17)11-13-8-9-14(12-15)16-13/h13-14,16-17H,2-5,8-12H2,1H3. The van der Waals surface area contributed by atoms with Gasteiger partial charge in [-0.15, -0.1) is 11.8 Å². The van der Waals surface area contributed by atoms with Crippen LogP contribution in [-0.4, -0.2) is 22.8 Å². The van der Waals surface area contributed by atoms with Gasteiger partial charge in [-0.3, -0.25) is 0 Å². The smallest absolute Gasteiger partial charge is 0.0786 e. The van der Waals surface area contributed by atoms with E-state index in [1.54, 1.807) is 0 Å². The molecule has 2 heteroatoms. The predicted molar refractivity (Wildman–Crippen MR) is 70.7 cm³/mol. The number of nitrogens with one attached hydrogen (secondary N) is 1. The largest absolute Gasteiger partial charge is 0.389 e. The van der Waals surface area contributed by atoms with Crippen LogP contribution < -0.4 is 5.32 Å². The van der Waals surface area contributed by atoms with Gasteiger partial charge in [0.1, 0.15) is 0 Å². The Kier molecular flexibility index (Phi) is 4.48. The first-order valence-electron chi connectivity index (χ1n) is 7.16. The van der Waals surface area contributed by atoms with Gasteiger partial charge >= 0.3 is 0 Å². The molecule has 0 aromatic heterocycles. The maximum atomic E-state index is 10.5. The van der Waals surface area contributed by atoms with Crippen molar-refractivity contribution in [2.45, 2.75) is 82.4 Å². The number of hydrogen-bond donors (Lipinski definition) is 2. The predicted octanol–water partition coefficient (Wildman–Crippen LogP) is 2.61. The minimum Gasteiger partial charge on any atom is -0.389 e. The molecule has 0 radical (unpaired) electrons. The Bertz CT molecular complexity index is 290. The number of unbranched alkanes of at least 4 members (excludes halogenated alkanes) is 3. The highest BCUT2D eigenvalue weighted by Crippen LogP contribution is 2.35. The minimum atomic E-state index is -0.505. The van der Waals surface area contributed by atoms with Crippen molar-refractivity contribution in [3.8, 4) is 11.8 Å². The minimum absolute atomic E-state index is 0.505. The van der Waals surface area contributed by atoms with Crippen molar-refractivity contribution in [1.82, 2.24) is 5.32 Å². The average molecular weight is 235 g/mol. The molecule has 2 unspecified atom stereocenters. The Morgan fingerprint density at radius 2 is 1.88 bits per heavy atom. The molecule has 2 N–H and O–H groups in total. The van der Waals surface area contributed by atoms with Crippen LogP contribution in [0, 0.1) is 11.8 Å². The second-order valence-corrected chi connectivity index (χ2v) is 5.76. The fourth-order valence-electron chi connectivity index (χ4n) is 3.15. The van der Waals surface area contributed by atoms with E-state index in [1.165, 1.54) is 32.1 Å². The molecule has 2 rings (SSSR count). The zero-order valence-corrected chi connectivity index (χ0v) is 11.0. The van der Waals surface area contributed by atoms with Gasteiger partial charge in [0.15, 0.2) is 0 Å². The van der Waals surface area contributed by atoms with Gasteiger partial charge in [-0.1, -0.05) is 19.8 Å².